The average molecular weight is 387 g/mol. The molecule has 1 fully saturated rings. The van der Waals surface area contributed by atoms with Gasteiger partial charge in [0.25, 0.3) is 0 Å². The SMILES string of the molecule is O=C1CCN(c2ncnc3ccc(-c4c[nH]nc4-c4ccc(F)cc4)cc23)CC1. The molecule has 2 aromatic carbocycles. The van der Waals surface area contributed by atoms with Crippen molar-refractivity contribution in [3.8, 4) is 22.4 Å². The van der Waals surface area contributed by atoms with Crippen LogP contribution in [0.15, 0.2) is 55.0 Å². The molecule has 1 saturated heterocycles. The molecule has 144 valence electrons. The second-order valence-corrected chi connectivity index (χ2v) is 7.11. The largest absolute Gasteiger partial charge is 0.355 e. The van der Waals surface area contributed by atoms with Crippen LogP contribution >= 0.6 is 0 Å². The van der Waals surface area contributed by atoms with E-state index in [2.05, 4.69) is 31.1 Å². The summed E-state index contributed by atoms with van der Waals surface area (Å²) < 4.78 is 13.3. The number of benzene rings is 2. The number of fused-ring (bicyclic) bond motifs is 1. The summed E-state index contributed by atoms with van der Waals surface area (Å²) >= 11 is 0. The number of ketones is 1. The van der Waals surface area contributed by atoms with Gasteiger partial charge < -0.3 is 4.90 Å². The van der Waals surface area contributed by atoms with E-state index >= 15 is 0 Å². The van der Waals surface area contributed by atoms with Gasteiger partial charge in [-0.25, -0.2) is 14.4 Å². The van der Waals surface area contributed by atoms with Crippen LogP contribution in [-0.4, -0.2) is 39.0 Å². The number of piperidine rings is 1. The summed E-state index contributed by atoms with van der Waals surface area (Å²) in [5.74, 6) is 0.858. The first-order valence-corrected chi connectivity index (χ1v) is 9.50. The molecule has 4 aromatic rings. The van der Waals surface area contributed by atoms with Crippen molar-refractivity contribution in [1.29, 1.82) is 0 Å². The molecule has 29 heavy (non-hydrogen) atoms. The summed E-state index contributed by atoms with van der Waals surface area (Å²) in [5, 5.41) is 8.22. The Hall–Kier alpha value is -3.61. The van der Waals surface area contributed by atoms with E-state index in [9.17, 15) is 9.18 Å². The Bertz CT molecular complexity index is 1190. The van der Waals surface area contributed by atoms with Crippen molar-refractivity contribution >= 4 is 22.5 Å². The van der Waals surface area contributed by atoms with Crippen molar-refractivity contribution in [2.24, 2.45) is 0 Å². The number of H-pyrrole nitrogens is 1. The molecule has 0 amide bonds. The molecule has 0 radical (unpaired) electrons. The van der Waals surface area contributed by atoms with Gasteiger partial charge in [0.1, 0.15) is 23.7 Å². The molecule has 0 spiro atoms. The van der Waals surface area contributed by atoms with Crippen LogP contribution in [-0.2, 0) is 4.79 Å². The lowest BCUT2D eigenvalue weighted by atomic mass is 10.00. The van der Waals surface area contributed by atoms with Crippen molar-refractivity contribution in [2.45, 2.75) is 12.8 Å². The smallest absolute Gasteiger partial charge is 0.139 e. The van der Waals surface area contributed by atoms with Crippen molar-refractivity contribution in [2.75, 3.05) is 18.0 Å². The van der Waals surface area contributed by atoms with Crippen molar-refractivity contribution in [1.82, 2.24) is 20.2 Å². The molecule has 1 aliphatic rings. The minimum atomic E-state index is -0.279. The Morgan fingerprint density at radius 3 is 2.52 bits per heavy atom. The maximum absolute atomic E-state index is 13.3. The van der Waals surface area contributed by atoms with Crippen LogP contribution in [0.4, 0.5) is 10.2 Å². The van der Waals surface area contributed by atoms with Crippen molar-refractivity contribution < 1.29 is 9.18 Å². The second kappa shape index (κ2) is 7.09. The molecule has 7 heteroatoms. The highest BCUT2D eigenvalue weighted by Gasteiger charge is 2.20. The number of carbonyl (C=O) groups excluding carboxylic acids is 1. The quantitative estimate of drug-likeness (QED) is 0.575. The van der Waals surface area contributed by atoms with Gasteiger partial charge in [0.2, 0.25) is 0 Å². The van der Waals surface area contributed by atoms with Crippen molar-refractivity contribution in [3.63, 3.8) is 0 Å². The van der Waals surface area contributed by atoms with E-state index in [0.29, 0.717) is 31.7 Å². The first kappa shape index (κ1) is 17.5. The van der Waals surface area contributed by atoms with Gasteiger partial charge in [-0.3, -0.25) is 9.89 Å². The number of nitrogens with zero attached hydrogens (tertiary/aromatic N) is 4. The second-order valence-electron chi connectivity index (χ2n) is 7.11. The van der Waals surface area contributed by atoms with E-state index in [1.165, 1.54) is 12.1 Å². The molecule has 3 heterocycles. The Morgan fingerprint density at radius 1 is 0.966 bits per heavy atom. The van der Waals surface area contributed by atoms with Crippen LogP contribution in [0.1, 0.15) is 12.8 Å². The number of halogens is 1. The number of hydrogen-bond donors (Lipinski definition) is 1. The van der Waals surface area contributed by atoms with E-state index in [4.69, 9.17) is 0 Å². The highest BCUT2D eigenvalue weighted by atomic mass is 19.1. The van der Waals surface area contributed by atoms with E-state index in [1.807, 2.05) is 18.3 Å². The van der Waals surface area contributed by atoms with Crippen molar-refractivity contribution in [3.05, 3.63) is 60.8 Å². The molecule has 0 unspecified atom stereocenters. The number of aromatic amines is 1. The fourth-order valence-corrected chi connectivity index (χ4v) is 3.77. The summed E-state index contributed by atoms with van der Waals surface area (Å²) in [5.41, 5.74) is 4.33. The predicted molar refractivity (Wildman–Crippen MR) is 109 cm³/mol. The Labute approximate surface area is 166 Å². The summed E-state index contributed by atoms with van der Waals surface area (Å²) in [4.78, 5) is 22.7. The maximum atomic E-state index is 13.3. The molecule has 2 aromatic heterocycles. The van der Waals surface area contributed by atoms with Gasteiger partial charge in [0.15, 0.2) is 0 Å². The molecule has 0 bridgehead atoms. The van der Waals surface area contributed by atoms with E-state index in [1.54, 1.807) is 18.5 Å². The number of aromatic nitrogens is 4. The van der Waals surface area contributed by atoms with Crippen LogP contribution in [0.5, 0.6) is 0 Å². The average Bonchev–Trinajstić information content (AvgIpc) is 3.24. The van der Waals surface area contributed by atoms with E-state index in [0.717, 1.165) is 39.1 Å². The van der Waals surface area contributed by atoms with Crippen LogP contribution in [0, 0.1) is 5.82 Å². The predicted octanol–water partition coefficient (Wildman–Crippen LogP) is 4.00. The number of rotatable bonds is 3. The van der Waals surface area contributed by atoms with E-state index in [-0.39, 0.29) is 5.82 Å². The highest BCUT2D eigenvalue weighted by molar-refractivity contribution is 5.95. The zero-order valence-corrected chi connectivity index (χ0v) is 15.6. The molecular weight excluding hydrogens is 369 g/mol. The van der Waals surface area contributed by atoms with E-state index < -0.39 is 0 Å². The minimum absolute atomic E-state index is 0.279. The number of anilines is 1. The van der Waals surface area contributed by atoms with Gasteiger partial charge in [-0.1, -0.05) is 6.07 Å². The number of Topliss-reactive ketones (excluding diaryl/α,β-unsaturated/α-hetero) is 1. The zero-order chi connectivity index (χ0) is 19.8. The lowest BCUT2D eigenvalue weighted by molar-refractivity contribution is -0.119. The fourth-order valence-electron chi connectivity index (χ4n) is 3.77. The van der Waals surface area contributed by atoms with Crippen LogP contribution < -0.4 is 4.90 Å². The molecule has 5 rings (SSSR count). The topological polar surface area (TPSA) is 74.8 Å². The molecule has 1 N–H and O–H groups in total. The molecule has 0 aliphatic carbocycles. The maximum Gasteiger partial charge on any atom is 0.139 e. The molecule has 6 nitrogen and oxygen atoms in total. The zero-order valence-electron chi connectivity index (χ0n) is 15.6. The molecule has 0 atom stereocenters. The normalized spacial score (nSPS) is 14.5. The lowest BCUT2D eigenvalue weighted by Gasteiger charge is -2.27. The minimum Gasteiger partial charge on any atom is -0.355 e. The third-order valence-corrected chi connectivity index (χ3v) is 5.30. The first-order chi connectivity index (χ1) is 14.2. The summed E-state index contributed by atoms with van der Waals surface area (Å²) in [6.07, 6.45) is 4.49. The Morgan fingerprint density at radius 2 is 1.72 bits per heavy atom. The van der Waals surface area contributed by atoms with Crippen LogP contribution in [0.3, 0.4) is 0 Å². The number of carbonyl (C=O) groups is 1. The highest BCUT2D eigenvalue weighted by Crippen LogP contribution is 2.34. The van der Waals surface area contributed by atoms with Gasteiger partial charge in [-0.05, 0) is 42.0 Å². The lowest BCUT2D eigenvalue weighted by Crippen LogP contribution is -2.34. The van der Waals surface area contributed by atoms with Gasteiger partial charge >= 0.3 is 0 Å². The van der Waals surface area contributed by atoms with Crippen LogP contribution in [0.2, 0.25) is 0 Å². The summed E-state index contributed by atoms with van der Waals surface area (Å²) in [7, 11) is 0. The molecule has 1 aliphatic heterocycles. The first-order valence-electron chi connectivity index (χ1n) is 9.50. The van der Waals surface area contributed by atoms with Crippen LogP contribution in [0.25, 0.3) is 33.3 Å². The number of hydrogen-bond acceptors (Lipinski definition) is 5. The molecule has 0 saturated carbocycles. The summed E-state index contributed by atoms with van der Waals surface area (Å²) in [6.45, 7) is 1.34. The molecular formula is C22H18FN5O. The standard InChI is InChI=1S/C22H18FN5O/c23-16-4-1-14(2-5-16)21-19(12-26-27-21)15-3-6-20-18(11-15)22(25-13-24-20)28-9-7-17(29)8-10-28/h1-6,11-13H,7-10H2,(H,26,27). The third kappa shape index (κ3) is 3.24. The number of nitrogens with one attached hydrogen (secondary N) is 1. The van der Waals surface area contributed by atoms with Gasteiger partial charge in [-0.2, -0.15) is 5.10 Å². The monoisotopic (exact) mass is 387 g/mol. The van der Waals surface area contributed by atoms with Gasteiger partial charge in [-0.15, -0.1) is 0 Å². The third-order valence-electron chi connectivity index (χ3n) is 5.30. The fraction of sp³-hybridized carbons (Fsp3) is 0.182. The van der Waals surface area contributed by atoms with Gasteiger partial charge in [0.05, 0.1) is 11.2 Å². The van der Waals surface area contributed by atoms with Gasteiger partial charge in [0, 0.05) is 48.6 Å². The summed E-state index contributed by atoms with van der Waals surface area (Å²) in [6, 6.07) is 12.3. The Balaban J connectivity index is 1.59. The Kier molecular flexibility index (Phi) is 4.27.